The molecular weight excluding hydrogens is 185 g/mol. The van der Waals surface area contributed by atoms with Crippen LogP contribution in [0.4, 0.5) is 0 Å². The van der Waals surface area contributed by atoms with Gasteiger partial charge in [-0.3, -0.25) is 4.79 Å². The SMILES string of the molecule is CC(=O)NC(C)(C)C#C[P+](C)(C)O. The van der Waals surface area contributed by atoms with Gasteiger partial charge in [-0.15, -0.1) is 0 Å². The molecule has 0 aliphatic heterocycles. The van der Waals surface area contributed by atoms with Gasteiger partial charge in [0.05, 0.1) is 18.9 Å². The van der Waals surface area contributed by atoms with Gasteiger partial charge in [-0.05, 0) is 19.8 Å². The third kappa shape index (κ3) is 7.77. The van der Waals surface area contributed by atoms with Crippen molar-refractivity contribution in [3.05, 3.63) is 0 Å². The van der Waals surface area contributed by atoms with E-state index in [9.17, 15) is 9.69 Å². The summed E-state index contributed by atoms with van der Waals surface area (Å²) in [4.78, 5) is 20.2. The molecule has 0 bridgehead atoms. The summed E-state index contributed by atoms with van der Waals surface area (Å²) in [5.41, 5.74) is 2.21. The molecule has 0 aliphatic rings. The van der Waals surface area contributed by atoms with Gasteiger partial charge in [-0.1, -0.05) is 0 Å². The molecule has 1 amide bonds. The van der Waals surface area contributed by atoms with Gasteiger partial charge < -0.3 is 5.32 Å². The zero-order valence-electron chi connectivity index (χ0n) is 8.80. The normalized spacial score (nSPS) is 11.5. The van der Waals surface area contributed by atoms with Crippen LogP contribution in [0.5, 0.6) is 0 Å². The van der Waals surface area contributed by atoms with Crippen LogP contribution < -0.4 is 5.32 Å². The zero-order valence-corrected chi connectivity index (χ0v) is 9.70. The van der Waals surface area contributed by atoms with Crippen molar-refractivity contribution in [2.24, 2.45) is 0 Å². The molecule has 0 rings (SSSR count). The van der Waals surface area contributed by atoms with E-state index in [1.807, 2.05) is 0 Å². The molecule has 74 valence electrons. The standard InChI is InChI=1S/C9H16NO2P/c1-8(11)10-9(2,3)6-7-13(4,5)12/h12H,1-5H3/p+1. The molecule has 0 saturated carbocycles. The van der Waals surface area contributed by atoms with Gasteiger partial charge in [0.1, 0.15) is 5.66 Å². The van der Waals surface area contributed by atoms with Crippen LogP contribution in [0.3, 0.4) is 0 Å². The number of hydrogen-bond donors (Lipinski definition) is 2. The van der Waals surface area contributed by atoms with Crippen LogP contribution in [0.25, 0.3) is 0 Å². The number of carbonyl (C=O) groups excluding carboxylic acids is 1. The Morgan fingerprint density at radius 2 is 1.92 bits per heavy atom. The van der Waals surface area contributed by atoms with E-state index in [4.69, 9.17) is 0 Å². The summed E-state index contributed by atoms with van der Waals surface area (Å²) in [6, 6.07) is 0. The quantitative estimate of drug-likeness (QED) is 0.493. The summed E-state index contributed by atoms with van der Waals surface area (Å²) in [6.07, 6.45) is 0. The summed E-state index contributed by atoms with van der Waals surface area (Å²) in [5, 5.41) is 2.69. The third-order valence-electron chi connectivity index (χ3n) is 1.13. The second-order valence-electron chi connectivity index (χ2n) is 3.94. The first-order valence-corrected chi connectivity index (χ1v) is 6.66. The van der Waals surface area contributed by atoms with E-state index in [1.54, 1.807) is 27.2 Å². The maximum atomic E-state index is 10.8. The molecule has 0 heterocycles. The second kappa shape index (κ2) is 4.09. The van der Waals surface area contributed by atoms with Crippen molar-refractivity contribution in [1.82, 2.24) is 5.32 Å². The topological polar surface area (TPSA) is 49.3 Å². The average molecular weight is 202 g/mol. The second-order valence-corrected chi connectivity index (χ2v) is 6.95. The summed E-state index contributed by atoms with van der Waals surface area (Å²) in [6.45, 7) is 8.48. The van der Waals surface area contributed by atoms with Crippen molar-refractivity contribution in [2.75, 3.05) is 13.3 Å². The van der Waals surface area contributed by atoms with Gasteiger partial charge in [0.15, 0.2) is 0 Å². The Labute approximate surface area is 80.3 Å². The predicted molar refractivity (Wildman–Crippen MR) is 56.7 cm³/mol. The van der Waals surface area contributed by atoms with Crippen LogP contribution in [-0.4, -0.2) is 29.7 Å². The summed E-state index contributed by atoms with van der Waals surface area (Å²) >= 11 is 0. The van der Waals surface area contributed by atoms with Crippen molar-refractivity contribution < 1.29 is 9.69 Å². The lowest BCUT2D eigenvalue weighted by Crippen LogP contribution is -2.40. The summed E-state index contributed by atoms with van der Waals surface area (Å²) < 4.78 is 0. The fourth-order valence-electron chi connectivity index (χ4n) is 0.748. The minimum atomic E-state index is -2.07. The lowest BCUT2D eigenvalue weighted by Gasteiger charge is -2.17. The minimum absolute atomic E-state index is 0.117. The molecule has 0 aliphatic carbocycles. The highest BCUT2D eigenvalue weighted by Gasteiger charge is 2.21. The van der Waals surface area contributed by atoms with E-state index in [0.29, 0.717) is 0 Å². The molecule has 0 aromatic heterocycles. The molecule has 3 nitrogen and oxygen atoms in total. The van der Waals surface area contributed by atoms with Gasteiger partial charge in [-0.2, -0.15) is 0 Å². The molecule has 0 spiro atoms. The Kier molecular flexibility index (Phi) is 3.90. The molecule has 0 atom stereocenters. The Hall–Kier alpha value is -0.580. The number of nitrogens with one attached hydrogen (secondary N) is 1. The average Bonchev–Trinajstić information content (AvgIpc) is 1.79. The fourth-order valence-corrected chi connectivity index (χ4v) is 1.30. The number of amides is 1. The minimum Gasteiger partial charge on any atom is -0.340 e. The van der Waals surface area contributed by atoms with Crippen LogP contribution in [0.15, 0.2) is 0 Å². The molecule has 0 radical (unpaired) electrons. The van der Waals surface area contributed by atoms with Gasteiger partial charge in [0.2, 0.25) is 13.4 Å². The smallest absolute Gasteiger partial charge is 0.218 e. The van der Waals surface area contributed by atoms with Crippen molar-refractivity contribution in [2.45, 2.75) is 26.3 Å². The Balaban J connectivity index is 4.46. The number of rotatable bonds is 1. The summed E-state index contributed by atoms with van der Waals surface area (Å²) in [7, 11) is -2.07. The largest absolute Gasteiger partial charge is 0.340 e. The molecule has 4 heteroatoms. The Morgan fingerprint density at radius 3 is 2.23 bits per heavy atom. The molecule has 0 aromatic carbocycles. The fraction of sp³-hybridized carbons (Fsp3) is 0.667. The lowest BCUT2D eigenvalue weighted by molar-refractivity contribution is -0.119. The van der Waals surface area contributed by atoms with Crippen molar-refractivity contribution in [3.63, 3.8) is 0 Å². The monoisotopic (exact) mass is 202 g/mol. The summed E-state index contributed by atoms with van der Waals surface area (Å²) in [5.74, 6) is 2.73. The van der Waals surface area contributed by atoms with Gasteiger partial charge in [0, 0.05) is 6.92 Å². The van der Waals surface area contributed by atoms with Crippen LogP contribution in [0.2, 0.25) is 0 Å². The van der Waals surface area contributed by atoms with Crippen LogP contribution in [0, 0.1) is 11.6 Å². The van der Waals surface area contributed by atoms with E-state index < -0.39 is 13.0 Å². The van der Waals surface area contributed by atoms with Crippen LogP contribution in [-0.2, 0) is 4.79 Å². The van der Waals surface area contributed by atoms with E-state index in [2.05, 4.69) is 16.9 Å². The highest BCUT2D eigenvalue weighted by atomic mass is 31.2. The zero-order chi connectivity index (χ0) is 10.7. The molecular formula is C9H17NO2P+. The van der Waals surface area contributed by atoms with Gasteiger partial charge in [0.25, 0.3) is 0 Å². The van der Waals surface area contributed by atoms with E-state index in [1.165, 1.54) is 6.92 Å². The molecule has 13 heavy (non-hydrogen) atoms. The van der Waals surface area contributed by atoms with Crippen LogP contribution >= 0.6 is 7.49 Å². The highest BCUT2D eigenvalue weighted by molar-refractivity contribution is 7.73. The van der Waals surface area contributed by atoms with E-state index in [-0.39, 0.29) is 5.91 Å². The molecule has 0 unspecified atom stereocenters. The van der Waals surface area contributed by atoms with E-state index in [0.717, 1.165) is 0 Å². The van der Waals surface area contributed by atoms with Crippen molar-refractivity contribution >= 4 is 13.4 Å². The molecule has 0 saturated heterocycles. The first kappa shape index (κ1) is 12.4. The first-order valence-electron chi connectivity index (χ1n) is 4.02. The highest BCUT2D eigenvalue weighted by Crippen LogP contribution is 2.44. The lowest BCUT2D eigenvalue weighted by atomic mass is 10.1. The Bertz CT molecular complexity index is 255. The third-order valence-corrected chi connectivity index (χ3v) is 1.79. The molecule has 0 fully saturated rings. The first-order chi connectivity index (χ1) is 5.62. The van der Waals surface area contributed by atoms with Crippen molar-refractivity contribution in [3.8, 4) is 11.6 Å². The van der Waals surface area contributed by atoms with Gasteiger partial charge >= 0.3 is 0 Å². The van der Waals surface area contributed by atoms with Crippen molar-refractivity contribution in [1.29, 1.82) is 0 Å². The predicted octanol–water partition coefficient (Wildman–Crippen LogP) is 1.05. The van der Waals surface area contributed by atoms with Gasteiger partial charge in [-0.25, -0.2) is 4.89 Å². The molecule has 2 N–H and O–H groups in total. The number of carbonyl (C=O) groups is 1. The number of hydrogen-bond acceptors (Lipinski definition) is 2. The maximum Gasteiger partial charge on any atom is 0.218 e. The maximum absolute atomic E-state index is 10.8. The Morgan fingerprint density at radius 1 is 1.46 bits per heavy atom. The van der Waals surface area contributed by atoms with Crippen LogP contribution in [0.1, 0.15) is 20.8 Å². The molecule has 0 aromatic rings. The van der Waals surface area contributed by atoms with E-state index >= 15 is 0 Å².